The number of thioether (sulfide) groups is 1. The molecule has 0 aliphatic rings. The summed E-state index contributed by atoms with van der Waals surface area (Å²) in [4.78, 5) is 1.37. The van der Waals surface area contributed by atoms with Crippen molar-refractivity contribution >= 4 is 11.8 Å². The molecule has 0 saturated heterocycles. The quantitative estimate of drug-likeness (QED) is 0.785. The summed E-state index contributed by atoms with van der Waals surface area (Å²) in [7, 11) is 2.02. The van der Waals surface area contributed by atoms with Gasteiger partial charge in [-0.3, -0.25) is 0 Å². The molecule has 1 aromatic rings. The first kappa shape index (κ1) is 12.6. The Labute approximate surface area is 97.7 Å². The summed E-state index contributed by atoms with van der Waals surface area (Å²) in [5, 5.41) is 3.88. The van der Waals surface area contributed by atoms with E-state index >= 15 is 0 Å². The van der Waals surface area contributed by atoms with Crippen molar-refractivity contribution < 1.29 is 0 Å². The fraction of sp³-hybridized carbons (Fsp3) is 0.538. The van der Waals surface area contributed by atoms with Crippen molar-refractivity contribution in [3.8, 4) is 0 Å². The maximum absolute atomic E-state index is 3.29. The van der Waals surface area contributed by atoms with E-state index in [0.717, 1.165) is 0 Å². The van der Waals surface area contributed by atoms with Crippen molar-refractivity contribution in [2.75, 3.05) is 7.05 Å². The van der Waals surface area contributed by atoms with Gasteiger partial charge in [-0.2, -0.15) is 0 Å². The van der Waals surface area contributed by atoms with Gasteiger partial charge in [0.15, 0.2) is 0 Å². The van der Waals surface area contributed by atoms with Gasteiger partial charge in [0, 0.05) is 16.2 Å². The number of aryl methyl sites for hydroxylation is 2. The Morgan fingerprint density at radius 1 is 1.13 bits per heavy atom. The third-order valence-electron chi connectivity index (χ3n) is 2.96. The van der Waals surface area contributed by atoms with Crippen LogP contribution in [0.15, 0.2) is 23.1 Å². The highest BCUT2D eigenvalue weighted by Gasteiger charge is 2.11. The highest BCUT2D eigenvalue weighted by molar-refractivity contribution is 8.00. The Hall–Kier alpha value is -0.470. The van der Waals surface area contributed by atoms with Crippen LogP contribution in [0.5, 0.6) is 0 Å². The molecule has 0 amide bonds. The lowest BCUT2D eigenvalue weighted by Crippen LogP contribution is -2.30. The van der Waals surface area contributed by atoms with E-state index < -0.39 is 0 Å². The lowest BCUT2D eigenvalue weighted by molar-refractivity contribution is 0.605. The molecule has 84 valence electrons. The summed E-state index contributed by atoms with van der Waals surface area (Å²) in [5.41, 5.74) is 2.75. The molecule has 2 heteroatoms. The Kier molecular flexibility index (Phi) is 4.68. The molecule has 0 spiro atoms. The highest BCUT2D eigenvalue weighted by Crippen LogP contribution is 2.26. The molecule has 2 atom stereocenters. The number of nitrogens with one attached hydrogen (secondary N) is 1. The van der Waals surface area contributed by atoms with Crippen LogP contribution in [-0.4, -0.2) is 18.3 Å². The molecule has 1 rings (SSSR count). The Morgan fingerprint density at radius 3 is 2.33 bits per heavy atom. The normalized spacial score (nSPS) is 15.0. The summed E-state index contributed by atoms with van der Waals surface area (Å²) >= 11 is 1.94. The van der Waals surface area contributed by atoms with Gasteiger partial charge in [-0.15, -0.1) is 11.8 Å². The summed E-state index contributed by atoms with van der Waals surface area (Å²) in [6.07, 6.45) is 0. The maximum Gasteiger partial charge on any atom is 0.0217 e. The monoisotopic (exact) mass is 223 g/mol. The van der Waals surface area contributed by atoms with Crippen LogP contribution in [0.4, 0.5) is 0 Å². The first-order valence-electron chi connectivity index (χ1n) is 5.45. The number of rotatable bonds is 4. The van der Waals surface area contributed by atoms with Crippen molar-refractivity contribution in [3.05, 3.63) is 29.3 Å². The molecule has 0 saturated carbocycles. The molecule has 1 aromatic carbocycles. The van der Waals surface area contributed by atoms with Gasteiger partial charge >= 0.3 is 0 Å². The van der Waals surface area contributed by atoms with E-state index in [9.17, 15) is 0 Å². The van der Waals surface area contributed by atoms with Crippen LogP contribution in [0.25, 0.3) is 0 Å². The maximum atomic E-state index is 3.29. The zero-order valence-electron chi connectivity index (χ0n) is 10.3. The van der Waals surface area contributed by atoms with Gasteiger partial charge in [0.1, 0.15) is 0 Å². The molecule has 0 radical (unpaired) electrons. The average molecular weight is 223 g/mol. The van der Waals surface area contributed by atoms with Gasteiger partial charge in [0.25, 0.3) is 0 Å². The fourth-order valence-electron chi connectivity index (χ4n) is 1.34. The molecule has 0 heterocycles. The zero-order chi connectivity index (χ0) is 11.4. The van der Waals surface area contributed by atoms with E-state index in [1.54, 1.807) is 0 Å². The average Bonchev–Trinajstić information content (AvgIpc) is 2.22. The van der Waals surface area contributed by atoms with Gasteiger partial charge in [0.05, 0.1) is 0 Å². The third-order valence-corrected chi connectivity index (χ3v) is 4.27. The van der Waals surface area contributed by atoms with E-state index in [1.807, 2.05) is 18.8 Å². The van der Waals surface area contributed by atoms with Crippen LogP contribution in [0.2, 0.25) is 0 Å². The summed E-state index contributed by atoms with van der Waals surface area (Å²) in [6, 6.07) is 7.23. The molecule has 2 unspecified atom stereocenters. The molecule has 0 aliphatic carbocycles. The highest BCUT2D eigenvalue weighted by atomic mass is 32.2. The lowest BCUT2D eigenvalue weighted by atomic mass is 10.1. The molecule has 15 heavy (non-hydrogen) atoms. The van der Waals surface area contributed by atoms with Crippen LogP contribution in [0, 0.1) is 13.8 Å². The van der Waals surface area contributed by atoms with E-state index in [2.05, 4.69) is 51.2 Å². The van der Waals surface area contributed by atoms with Crippen LogP contribution in [-0.2, 0) is 0 Å². The Morgan fingerprint density at radius 2 is 1.80 bits per heavy atom. The molecular weight excluding hydrogens is 202 g/mol. The van der Waals surface area contributed by atoms with Gasteiger partial charge in [-0.05, 0) is 51.1 Å². The summed E-state index contributed by atoms with van der Waals surface area (Å²) in [6.45, 7) is 8.81. The van der Waals surface area contributed by atoms with Gasteiger partial charge < -0.3 is 5.32 Å². The smallest absolute Gasteiger partial charge is 0.0217 e. The summed E-state index contributed by atoms with van der Waals surface area (Å²) < 4.78 is 0. The SMILES string of the molecule is CNC(C)C(C)Sc1ccc(C)c(C)c1. The molecule has 1 nitrogen and oxygen atoms in total. The van der Waals surface area contributed by atoms with Crippen LogP contribution >= 0.6 is 11.8 Å². The molecule has 1 N–H and O–H groups in total. The van der Waals surface area contributed by atoms with E-state index in [1.165, 1.54) is 16.0 Å². The second-order valence-electron chi connectivity index (χ2n) is 4.15. The van der Waals surface area contributed by atoms with Crippen molar-refractivity contribution in [3.63, 3.8) is 0 Å². The summed E-state index contributed by atoms with van der Waals surface area (Å²) in [5.74, 6) is 0. The minimum atomic E-state index is 0.539. The lowest BCUT2D eigenvalue weighted by Gasteiger charge is -2.19. The second kappa shape index (κ2) is 5.57. The standard InChI is InChI=1S/C13H21NS/c1-9-6-7-13(8-10(9)2)15-12(4)11(3)14-5/h6-8,11-12,14H,1-5H3. The van der Waals surface area contributed by atoms with E-state index in [4.69, 9.17) is 0 Å². The van der Waals surface area contributed by atoms with E-state index in [-0.39, 0.29) is 0 Å². The number of hydrogen-bond donors (Lipinski definition) is 1. The van der Waals surface area contributed by atoms with Crippen LogP contribution in [0.1, 0.15) is 25.0 Å². The minimum absolute atomic E-state index is 0.539. The van der Waals surface area contributed by atoms with Gasteiger partial charge in [-0.25, -0.2) is 0 Å². The Balaban J connectivity index is 2.68. The van der Waals surface area contributed by atoms with Crippen molar-refractivity contribution in [1.29, 1.82) is 0 Å². The van der Waals surface area contributed by atoms with Crippen molar-refractivity contribution in [1.82, 2.24) is 5.32 Å². The van der Waals surface area contributed by atoms with Gasteiger partial charge in [-0.1, -0.05) is 13.0 Å². The van der Waals surface area contributed by atoms with Crippen LogP contribution < -0.4 is 5.32 Å². The first-order chi connectivity index (χ1) is 7.04. The van der Waals surface area contributed by atoms with Crippen molar-refractivity contribution in [2.45, 2.75) is 43.9 Å². The molecule has 0 aliphatic heterocycles. The largest absolute Gasteiger partial charge is 0.316 e. The molecule has 0 aromatic heterocycles. The molecular formula is C13H21NS. The Bertz CT molecular complexity index is 322. The van der Waals surface area contributed by atoms with Crippen molar-refractivity contribution in [2.24, 2.45) is 0 Å². The minimum Gasteiger partial charge on any atom is -0.316 e. The second-order valence-corrected chi connectivity index (χ2v) is 5.60. The van der Waals surface area contributed by atoms with Crippen LogP contribution in [0.3, 0.4) is 0 Å². The predicted octanol–water partition coefficient (Wildman–Crippen LogP) is 3.39. The predicted molar refractivity (Wildman–Crippen MR) is 69.8 cm³/mol. The van der Waals surface area contributed by atoms with Gasteiger partial charge in [0.2, 0.25) is 0 Å². The molecule has 0 bridgehead atoms. The number of hydrogen-bond acceptors (Lipinski definition) is 2. The third kappa shape index (κ3) is 3.54. The van der Waals surface area contributed by atoms with E-state index in [0.29, 0.717) is 11.3 Å². The first-order valence-corrected chi connectivity index (χ1v) is 6.33. The topological polar surface area (TPSA) is 12.0 Å². The zero-order valence-corrected chi connectivity index (χ0v) is 11.1. The fourth-order valence-corrected chi connectivity index (χ4v) is 2.50. The molecule has 0 fully saturated rings. The number of benzene rings is 1.